The van der Waals surface area contributed by atoms with Crippen molar-refractivity contribution in [1.82, 2.24) is 24.6 Å². The van der Waals surface area contributed by atoms with Gasteiger partial charge in [-0.15, -0.1) is 0 Å². The number of ether oxygens (including phenoxy) is 1. The summed E-state index contributed by atoms with van der Waals surface area (Å²) in [6, 6.07) is 9.57. The Hall–Kier alpha value is -3.22. The zero-order valence-corrected chi connectivity index (χ0v) is 16.1. The van der Waals surface area contributed by atoms with Gasteiger partial charge in [0.2, 0.25) is 5.88 Å². The average molecular weight is 377 g/mol. The van der Waals surface area contributed by atoms with E-state index < -0.39 is 0 Å². The molecule has 0 spiro atoms. The first-order chi connectivity index (χ1) is 13.6. The second-order valence-electron chi connectivity index (χ2n) is 7.11. The Morgan fingerprint density at radius 2 is 2.07 bits per heavy atom. The van der Waals surface area contributed by atoms with Crippen LogP contribution in [0.25, 0.3) is 0 Å². The molecule has 1 atom stereocenters. The van der Waals surface area contributed by atoms with Crippen LogP contribution in [0, 0.1) is 6.92 Å². The Morgan fingerprint density at radius 3 is 2.86 bits per heavy atom. The number of para-hydroxylation sites is 1. The lowest BCUT2D eigenvalue weighted by Gasteiger charge is -2.32. The van der Waals surface area contributed by atoms with Crippen LogP contribution in [0.1, 0.15) is 40.5 Å². The number of amides is 1. The zero-order valence-electron chi connectivity index (χ0n) is 16.1. The minimum atomic E-state index is -0.0365. The lowest BCUT2D eigenvalue weighted by Crippen LogP contribution is -2.39. The predicted molar refractivity (Wildman–Crippen MR) is 104 cm³/mol. The molecule has 0 radical (unpaired) electrons. The van der Waals surface area contributed by atoms with Crippen LogP contribution in [0.3, 0.4) is 0 Å². The number of carbonyl (C=O) groups excluding carboxylic acids is 1. The summed E-state index contributed by atoms with van der Waals surface area (Å²) in [6.07, 6.45) is 7.06. The Morgan fingerprint density at radius 1 is 1.21 bits per heavy atom. The van der Waals surface area contributed by atoms with E-state index in [-0.39, 0.29) is 11.8 Å². The van der Waals surface area contributed by atoms with Gasteiger partial charge >= 0.3 is 0 Å². The zero-order chi connectivity index (χ0) is 19.5. The predicted octanol–water partition coefficient (Wildman–Crippen LogP) is 3.33. The van der Waals surface area contributed by atoms with Gasteiger partial charge in [-0.05, 0) is 37.5 Å². The Labute approximate surface area is 164 Å². The van der Waals surface area contributed by atoms with E-state index in [1.54, 1.807) is 29.3 Å². The Bertz CT molecular complexity index is 984. The SMILES string of the molecule is Cc1ccccc1Oc1cncc([C@@H]2CCCN(C(=O)c3ccn(C)n3)C2)n1. The van der Waals surface area contributed by atoms with E-state index in [1.807, 2.05) is 43.1 Å². The fourth-order valence-electron chi connectivity index (χ4n) is 3.49. The fourth-order valence-corrected chi connectivity index (χ4v) is 3.49. The number of aryl methyl sites for hydroxylation is 2. The van der Waals surface area contributed by atoms with Crippen LogP contribution in [0.4, 0.5) is 0 Å². The third-order valence-corrected chi connectivity index (χ3v) is 5.00. The first-order valence-corrected chi connectivity index (χ1v) is 9.44. The van der Waals surface area contributed by atoms with Crippen molar-refractivity contribution >= 4 is 5.91 Å². The molecular formula is C21H23N5O2. The second-order valence-corrected chi connectivity index (χ2v) is 7.11. The minimum Gasteiger partial charge on any atom is -0.437 e. The molecule has 7 nitrogen and oxygen atoms in total. The quantitative estimate of drug-likeness (QED) is 0.697. The number of rotatable bonds is 4. The number of benzene rings is 1. The number of nitrogens with zero attached hydrogens (tertiary/aromatic N) is 5. The molecule has 1 aliphatic rings. The lowest BCUT2D eigenvalue weighted by molar-refractivity contribution is 0.0699. The highest BCUT2D eigenvalue weighted by Gasteiger charge is 2.27. The van der Waals surface area contributed by atoms with Crippen molar-refractivity contribution in [3.05, 3.63) is 65.9 Å². The first kappa shape index (κ1) is 18.2. The summed E-state index contributed by atoms with van der Waals surface area (Å²) in [5.41, 5.74) is 2.37. The number of hydrogen-bond donors (Lipinski definition) is 0. The number of hydrogen-bond acceptors (Lipinski definition) is 5. The molecule has 3 aromatic rings. The van der Waals surface area contributed by atoms with Crippen molar-refractivity contribution in [3.63, 3.8) is 0 Å². The molecule has 1 aromatic carbocycles. The highest BCUT2D eigenvalue weighted by Crippen LogP contribution is 2.28. The number of likely N-dealkylation sites (tertiary alicyclic amines) is 1. The molecule has 0 unspecified atom stereocenters. The van der Waals surface area contributed by atoms with Crippen LogP contribution in [0.5, 0.6) is 11.6 Å². The maximum absolute atomic E-state index is 12.7. The van der Waals surface area contributed by atoms with Gasteiger partial charge in [0, 0.05) is 38.4 Å². The molecule has 3 heterocycles. The second kappa shape index (κ2) is 7.80. The standard InChI is InChI=1S/C21H23N5O2/c1-15-6-3-4-8-19(15)28-20-13-22-12-18(23-20)16-7-5-10-26(14-16)21(27)17-9-11-25(2)24-17/h3-4,6,8-9,11-13,16H,5,7,10,14H2,1-2H3/t16-/m1/s1. The fraction of sp³-hybridized carbons (Fsp3) is 0.333. The smallest absolute Gasteiger partial charge is 0.274 e. The molecule has 4 rings (SSSR count). The third-order valence-electron chi connectivity index (χ3n) is 5.00. The number of aromatic nitrogens is 4. The van der Waals surface area contributed by atoms with Crippen LogP contribution in [-0.2, 0) is 7.05 Å². The monoisotopic (exact) mass is 377 g/mol. The molecular weight excluding hydrogens is 354 g/mol. The van der Waals surface area contributed by atoms with Crippen molar-refractivity contribution in [2.24, 2.45) is 7.05 Å². The van der Waals surface area contributed by atoms with Gasteiger partial charge in [0.1, 0.15) is 11.4 Å². The summed E-state index contributed by atoms with van der Waals surface area (Å²) >= 11 is 0. The summed E-state index contributed by atoms with van der Waals surface area (Å²) < 4.78 is 7.57. The van der Waals surface area contributed by atoms with Crippen LogP contribution in [-0.4, -0.2) is 43.6 Å². The van der Waals surface area contributed by atoms with Gasteiger partial charge in [-0.2, -0.15) is 5.10 Å². The van der Waals surface area contributed by atoms with Gasteiger partial charge in [0.25, 0.3) is 5.91 Å². The molecule has 144 valence electrons. The lowest BCUT2D eigenvalue weighted by atomic mass is 9.95. The van der Waals surface area contributed by atoms with Crippen molar-refractivity contribution in [2.75, 3.05) is 13.1 Å². The van der Waals surface area contributed by atoms with E-state index in [0.29, 0.717) is 18.1 Å². The van der Waals surface area contributed by atoms with Crippen LogP contribution < -0.4 is 4.74 Å². The van der Waals surface area contributed by atoms with Gasteiger partial charge in [0.05, 0.1) is 11.9 Å². The molecule has 1 fully saturated rings. The molecule has 1 saturated heterocycles. The van der Waals surface area contributed by atoms with E-state index in [1.165, 1.54) is 0 Å². The first-order valence-electron chi connectivity index (χ1n) is 9.44. The van der Waals surface area contributed by atoms with Crippen molar-refractivity contribution in [3.8, 4) is 11.6 Å². The topological polar surface area (TPSA) is 73.1 Å². The maximum atomic E-state index is 12.7. The van der Waals surface area contributed by atoms with Gasteiger partial charge in [-0.3, -0.25) is 14.5 Å². The summed E-state index contributed by atoms with van der Waals surface area (Å²) in [5, 5.41) is 4.23. The summed E-state index contributed by atoms with van der Waals surface area (Å²) in [6.45, 7) is 3.34. The molecule has 0 N–H and O–H groups in total. The van der Waals surface area contributed by atoms with Gasteiger partial charge in [0.15, 0.2) is 0 Å². The van der Waals surface area contributed by atoms with Crippen molar-refractivity contribution in [2.45, 2.75) is 25.7 Å². The Balaban J connectivity index is 1.49. The summed E-state index contributed by atoms with van der Waals surface area (Å²) in [7, 11) is 1.81. The van der Waals surface area contributed by atoms with E-state index in [4.69, 9.17) is 4.74 Å². The van der Waals surface area contributed by atoms with Gasteiger partial charge < -0.3 is 9.64 Å². The summed E-state index contributed by atoms with van der Waals surface area (Å²) in [4.78, 5) is 23.6. The van der Waals surface area contributed by atoms with Crippen LogP contribution in [0.15, 0.2) is 48.9 Å². The molecule has 0 saturated carbocycles. The van der Waals surface area contributed by atoms with E-state index in [0.717, 1.165) is 36.4 Å². The molecule has 2 aromatic heterocycles. The molecule has 0 aliphatic carbocycles. The number of piperidine rings is 1. The van der Waals surface area contributed by atoms with E-state index in [9.17, 15) is 4.79 Å². The van der Waals surface area contributed by atoms with E-state index in [2.05, 4.69) is 15.1 Å². The molecule has 0 bridgehead atoms. The van der Waals surface area contributed by atoms with Gasteiger partial charge in [-0.25, -0.2) is 4.98 Å². The van der Waals surface area contributed by atoms with Crippen molar-refractivity contribution < 1.29 is 9.53 Å². The van der Waals surface area contributed by atoms with E-state index >= 15 is 0 Å². The Kier molecular flexibility index (Phi) is 5.06. The largest absolute Gasteiger partial charge is 0.437 e. The number of carbonyl (C=O) groups is 1. The average Bonchev–Trinajstić information content (AvgIpc) is 3.16. The highest BCUT2D eigenvalue weighted by molar-refractivity contribution is 5.92. The molecule has 28 heavy (non-hydrogen) atoms. The molecule has 1 aliphatic heterocycles. The molecule has 7 heteroatoms. The van der Waals surface area contributed by atoms with Crippen LogP contribution >= 0.6 is 0 Å². The van der Waals surface area contributed by atoms with Crippen LogP contribution in [0.2, 0.25) is 0 Å². The summed E-state index contributed by atoms with van der Waals surface area (Å²) in [5.74, 6) is 1.34. The van der Waals surface area contributed by atoms with Crippen molar-refractivity contribution in [1.29, 1.82) is 0 Å². The molecule has 1 amide bonds. The maximum Gasteiger partial charge on any atom is 0.274 e. The van der Waals surface area contributed by atoms with Gasteiger partial charge in [-0.1, -0.05) is 18.2 Å². The minimum absolute atomic E-state index is 0.0365. The normalized spacial score (nSPS) is 16.8. The highest BCUT2D eigenvalue weighted by atomic mass is 16.5. The third kappa shape index (κ3) is 3.88.